The Morgan fingerprint density at radius 2 is 1.82 bits per heavy atom. The standard InChI is InChI=1S/C26H32ClN3O3/c1-4-6-7-10-17-29(24(31)18-27)19(3)25-28-23-12-9-8-11-22(23)26(32)30(25)20-13-15-21(16-14-20)33-5-2/h8-9,11-16,19H,4-7,10,17-18H2,1-3H3. The molecule has 6 nitrogen and oxygen atoms in total. The summed E-state index contributed by atoms with van der Waals surface area (Å²) >= 11 is 5.95. The Labute approximate surface area is 200 Å². The zero-order valence-electron chi connectivity index (χ0n) is 19.6. The zero-order chi connectivity index (χ0) is 23.8. The summed E-state index contributed by atoms with van der Waals surface area (Å²) in [7, 11) is 0. The number of halogens is 1. The van der Waals surface area contributed by atoms with Crippen molar-refractivity contribution in [3.8, 4) is 11.4 Å². The minimum atomic E-state index is -0.429. The van der Waals surface area contributed by atoms with E-state index in [0.29, 0.717) is 35.6 Å². The lowest BCUT2D eigenvalue weighted by molar-refractivity contribution is -0.130. The molecule has 1 amide bonds. The highest BCUT2D eigenvalue weighted by atomic mass is 35.5. The summed E-state index contributed by atoms with van der Waals surface area (Å²) < 4.78 is 7.15. The van der Waals surface area contributed by atoms with E-state index in [1.807, 2.05) is 56.3 Å². The summed E-state index contributed by atoms with van der Waals surface area (Å²) in [5.74, 6) is 0.963. The fourth-order valence-electron chi connectivity index (χ4n) is 4.00. The molecule has 3 aromatic rings. The third-order valence-corrected chi connectivity index (χ3v) is 5.96. The maximum Gasteiger partial charge on any atom is 0.266 e. The molecule has 1 atom stereocenters. The molecule has 176 valence electrons. The Morgan fingerprint density at radius 1 is 1.09 bits per heavy atom. The van der Waals surface area contributed by atoms with Gasteiger partial charge in [0.2, 0.25) is 5.91 Å². The van der Waals surface area contributed by atoms with Gasteiger partial charge in [-0.1, -0.05) is 38.3 Å². The second-order valence-corrected chi connectivity index (χ2v) is 8.28. The molecule has 0 saturated heterocycles. The van der Waals surface area contributed by atoms with Gasteiger partial charge in [-0.25, -0.2) is 4.98 Å². The molecule has 0 saturated carbocycles. The number of para-hydroxylation sites is 1. The maximum absolute atomic E-state index is 13.6. The van der Waals surface area contributed by atoms with E-state index in [1.165, 1.54) is 0 Å². The molecular weight excluding hydrogens is 438 g/mol. The molecule has 0 fully saturated rings. The van der Waals surface area contributed by atoms with Crippen LogP contribution in [-0.4, -0.2) is 39.4 Å². The first kappa shape index (κ1) is 24.8. The van der Waals surface area contributed by atoms with Gasteiger partial charge in [-0.05, 0) is 56.7 Å². The molecule has 0 aliphatic rings. The van der Waals surface area contributed by atoms with Crippen LogP contribution >= 0.6 is 11.6 Å². The highest BCUT2D eigenvalue weighted by molar-refractivity contribution is 6.27. The number of carbonyl (C=O) groups is 1. The molecule has 0 N–H and O–H groups in total. The van der Waals surface area contributed by atoms with E-state index in [0.717, 1.165) is 31.4 Å². The molecule has 0 aliphatic carbocycles. The van der Waals surface area contributed by atoms with E-state index in [4.69, 9.17) is 21.3 Å². The monoisotopic (exact) mass is 469 g/mol. The first-order chi connectivity index (χ1) is 16.0. The van der Waals surface area contributed by atoms with Crippen LogP contribution in [0.5, 0.6) is 5.75 Å². The van der Waals surface area contributed by atoms with Crippen LogP contribution in [0.1, 0.15) is 58.3 Å². The molecule has 7 heteroatoms. The van der Waals surface area contributed by atoms with Crippen molar-refractivity contribution in [2.75, 3.05) is 19.0 Å². The number of hydrogen-bond acceptors (Lipinski definition) is 4. The van der Waals surface area contributed by atoms with Crippen molar-refractivity contribution in [3.63, 3.8) is 0 Å². The van der Waals surface area contributed by atoms with Crippen LogP contribution in [0.4, 0.5) is 0 Å². The van der Waals surface area contributed by atoms with Gasteiger partial charge in [0, 0.05) is 6.54 Å². The van der Waals surface area contributed by atoms with Crippen molar-refractivity contribution < 1.29 is 9.53 Å². The molecule has 3 rings (SSSR count). The van der Waals surface area contributed by atoms with Gasteiger partial charge < -0.3 is 9.64 Å². The van der Waals surface area contributed by atoms with Crippen molar-refractivity contribution in [2.24, 2.45) is 0 Å². The van der Waals surface area contributed by atoms with Gasteiger partial charge in [-0.3, -0.25) is 14.2 Å². The van der Waals surface area contributed by atoms with E-state index >= 15 is 0 Å². The number of hydrogen-bond donors (Lipinski definition) is 0. The van der Waals surface area contributed by atoms with E-state index in [9.17, 15) is 9.59 Å². The molecule has 1 heterocycles. The number of nitrogens with zero attached hydrogens (tertiary/aromatic N) is 3. The van der Waals surface area contributed by atoms with Crippen molar-refractivity contribution in [3.05, 3.63) is 64.7 Å². The van der Waals surface area contributed by atoms with Gasteiger partial charge in [-0.15, -0.1) is 11.6 Å². The lowest BCUT2D eigenvalue weighted by atomic mass is 10.1. The van der Waals surface area contributed by atoms with Crippen LogP contribution in [0.15, 0.2) is 53.3 Å². The van der Waals surface area contributed by atoms with E-state index in [-0.39, 0.29) is 17.3 Å². The van der Waals surface area contributed by atoms with Crippen molar-refractivity contribution >= 4 is 28.4 Å². The van der Waals surface area contributed by atoms with Crippen molar-refractivity contribution in [1.82, 2.24) is 14.5 Å². The van der Waals surface area contributed by atoms with Gasteiger partial charge in [0.25, 0.3) is 5.56 Å². The number of ether oxygens (including phenoxy) is 1. The smallest absolute Gasteiger partial charge is 0.266 e. The fourth-order valence-corrected chi connectivity index (χ4v) is 4.15. The molecule has 1 unspecified atom stereocenters. The molecular formula is C26H32ClN3O3. The highest BCUT2D eigenvalue weighted by Gasteiger charge is 2.26. The average molecular weight is 470 g/mol. The number of rotatable bonds is 11. The molecule has 33 heavy (non-hydrogen) atoms. The average Bonchev–Trinajstić information content (AvgIpc) is 2.84. The zero-order valence-corrected chi connectivity index (χ0v) is 20.3. The van der Waals surface area contributed by atoms with E-state index < -0.39 is 6.04 Å². The summed E-state index contributed by atoms with van der Waals surface area (Å²) in [6.07, 6.45) is 4.14. The van der Waals surface area contributed by atoms with E-state index in [1.54, 1.807) is 15.5 Å². The molecule has 0 bridgehead atoms. The SMILES string of the molecule is CCCCCCN(C(=O)CCl)C(C)c1nc2ccccc2c(=O)n1-c1ccc(OCC)cc1. The van der Waals surface area contributed by atoms with Crippen molar-refractivity contribution in [1.29, 1.82) is 0 Å². The normalized spacial score (nSPS) is 12.0. The molecule has 0 radical (unpaired) electrons. The molecule has 0 spiro atoms. The lowest BCUT2D eigenvalue weighted by Crippen LogP contribution is -2.38. The Hall–Kier alpha value is -2.86. The Bertz CT molecular complexity index is 1130. The fraction of sp³-hybridized carbons (Fsp3) is 0.423. The van der Waals surface area contributed by atoms with Gasteiger partial charge in [0.1, 0.15) is 17.5 Å². The minimum absolute atomic E-state index is 0.112. The number of unbranched alkanes of at least 4 members (excludes halogenated alkanes) is 3. The van der Waals surface area contributed by atoms with Crippen LogP contribution in [0.3, 0.4) is 0 Å². The summed E-state index contributed by atoms with van der Waals surface area (Å²) in [5.41, 5.74) is 1.11. The first-order valence-electron chi connectivity index (χ1n) is 11.6. The topological polar surface area (TPSA) is 64.4 Å². The molecule has 2 aromatic carbocycles. The lowest BCUT2D eigenvalue weighted by Gasteiger charge is -2.30. The Balaban J connectivity index is 2.11. The Morgan fingerprint density at radius 3 is 2.48 bits per heavy atom. The second kappa shape index (κ2) is 11.8. The number of aromatic nitrogens is 2. The van der Waals surface area contributed by atoms with Crippen LogP contribution in [0.25, 0.3) is 16.6 Å². The number of benzene rings is 2. The minimum Gasteiger partial charge on any atom is -0.494 e. The van der Waals surface area contributed by atoms with Gasteiger partial charge in [0.15, 0.2) is 0 Å². The summed E-state index contributed by atoms with van der Waals surface area (Å²) in [5, 5.41) is 0.528. The third-order valence-electron chi connectivity index (χ3n) is 5.74. The van der Waals surface area contributed by atoms with Crippen LogP contribution in [0, 0.1) is 0 Å². The predicted octanol–water partition coefficient (Wildman–Crippen LogP) is 5.49. The number of carbonyl (C=O) groups excluding carboxylic acids is 1. The predicted molar refractivity (Wildman–Crippen MR) is 133 cm³/mol. The van der Waals surface area contributed by atoms with Crippen molar-refractivity contribution in [2.45, 2.75) is 52.5 Å². The molecule has 0 aliphatic heterocycles. The number of alkyl halides is 1. The third kappa shape index (κ3) is 5.74. The van der Waals surface area contributed by atoms with Gasteiger partial charge in [-0.2, -0.15) is 0 Å². The maximum atomic E-state index is 13.6. The quantitative estimate of drug-likeness (QED) is 0.275. The largest absolute Gasteiger partial charge is 0.494 e. The van der Waals surface area contributed by atoms with Crippen LogP contribution in [-0.2, 0) is 4.79 Å². The van der Waals surface area contributed by atoms with E-state index in [2.05, 4.69) is 6.92 Å². The second-order valence-electron chi connectivity index (χ2n) is 8.01. The van der Waals surface area contributed by atoms with Gasteiger partial charge >= 0.3 is 0 Å². The summed E-state index contributed by atoms with van der Waals surface area (Å²) in [4.78, 5) is 32.9. The number of amides is 1. The summed E-state index contributed by atoms with van der Waals surface area (Å²) in [6, 6.07) is 14.2. The first-order valence-corrected chi connectivity index (χ1v) is 12.2. The van der Waals surface area contributed by atoms with Crippen LogP contribution in [0.2, 0.25) is 0 Å². The molecule has 1 aromatic heterocycles. The van der Waals surface area contributed by atoms with Crippen LogP contribution < -0.4 is 10.3 Å². The number of fused-ring (bicyclic) bond motifs is 1. The Kier molecular flexibility index (Phi) is 8.89. The summed E-state index contributed by atoms with van der Waals surface area (Å²) in [6.45, 7) is 7.12. The van der Waals surface area contributed by atoms with Gasteiger partial charge in [0.05, 0.1) is 29.2 Å². The highest BCUT2D eigenvalue weighted by Crippen LogP contribution is 2.25.